The summed E-state index contributed by atoms with van der Waals surface area (Å²) < 4.78 is 6.22. The normalized spacial score (nSPS) is 18.2. The highest BCUT2D eigenvalue weighted by molar-refractivity contribution is 9.10. The molecule has 0 saturated carbocycles. The van der Waals surface area contributed by atoms with Crippen molar-refractivity contribution in [2.75, 3.05) is 0 Å². The number of aliphatic hydroxyl groups is 1. The van der Waals surface area contributed by atoms with Crippen LogP contribution in [0.5, 0.6) is 5.75 Å². The molecule has 152 valence electrons. The molecule has 1 saturated heterocycles. The van der Waals surface area contributed by atoms with Gasteiger partial charge in [-0.05, 0) is 54.4 Å². The summed E-state index contributed by atoms with van der Waals surface area (Å²) in [6.45, 7) is 1.91. The highest BCUT2D eigenvalue weighted by Crippen LogP contribution is 2.41. The smallest absolute Gasteiger partial charge is 0.296 e. The van der Waals surface area contributed by atoms with Gasteiger partial charge in [0.25, 0.3) is 11.7 Å². The summed E-state index contributed by atoms with van der Waals surface area (Å²) in [5.41, 5.74) is 1.78. The number of ketones is 1. The van der Waals surface area contributed by atoms with Crippen LogP contribution < -0.4 is 0 Å². The number of rotatable bonds is 4. The molecule has 2 N–H and O–H groups in total. The third kappa shape index (κ3) is 3.52. The number of halogens is 1. The second-order valence-electron chi connectivity index (χ2n) is 7.07. The van der Waals surface area contributed by atoms with E-state index in [2.05, 4.69) is 15.9 Å². The van der Waals surface area contributed by atoms with Crippen molar-refractivity contribution in [2.45, 2.75) is 19.5 Å². The Kier molecular flexibility index (Phi) is 5.22. The van der Waals surface area contributed by atoms with Crippen molar-refractivity contribution in [3.63, 3.8) is 0 Å². The largest absolute Gasteiger partial charge is 0.508 e. The molecule has 0 aliphatic carbocycles. The molecule has 30 heavy (non-hydrogen) atoms. The van der Waals surface area contributed by atoms with Gasteiger partial charge in [-0.1, -0.05) is 34.1 Å². The fraction of sp³-hybridized carbons (Fsp3) is 0.130. The van der Waals surface area contributed by atoms with Gasteiger partial charge in [-0.15, -0.1) is 0 Å². The van der Waals surface area contributed by atoms with Crippen molar-refractivity contribution in [3.8, 4) is 5.75 Å². The summed E-state index contributed by atoms with van der Waals surface area (Å²) in [5, 5.41) is 21.0. The van der Waals surface area contributed by atoms with Gasteiger partial charge in [-0.25, -0.2) is 0 Å². The average Bonchev–Trinajstić information content (AvgIpc) is 3.32. The lowest BCUT2D eigenvalue weighted by Crippen LogP contribution is -2.29. The van der Waals surface area contributed by atoms with Crippen LogP contribution in [-0.4, -0.2) is 26.8 Å². The van der Waals surface area contributed by atoms with Gasteiger partial charge >= 0.3 is 0 Å². The Hall–Kier alpha value is -3.32. The maximum atomic E-state index is 13.0. The minimum absolute atomic E-state index is 0.00410. The molecule has 2 aromatic carbocycles. The molecule has 1 aliphatic heterocycles. The molecule has 3 aromatic rings. The van der Waals surface area contributed by atoms with Crippen LogP contribution in [0.25, 0.3) is 5.76 Å². The predicted octanol–water partition coefficient (Wildman–Crippen LogP) is 4.68. The summed E-state index contributed by atoms with van der Waals surface area (Å²) in [7, 11) is 0. The molecule has 2 heterocycles. The number of phenolic OH excluding ortho intramolecular Hbond substituents is 1. The van der Waals surface area contributed by atoms with Crippen molar-refractivity contribution in [2.24, 2.45) is 0 Å². The van der Waals surface area contributed by atoms with Crippen molar-refractivity contribution in [1.29, 1.82) is 0 Å². The molecule has 1 unspecified atom stereocenters. The molecule has 0 spiro atoms. The van der Waals surface area contributed by atoms with Crippen molar-refractivity contribution < 1.29 is 24.2 Å². The van der Waals surface area contributed by atoms with Gasteiger partial charge in [0.05, 0.1) is 24.4 Å². The quantitative estimate of drug-likeness (QED) is 0.330. The number of carbonyl (C=O) groups is 2. The summed E-state index contributed by atoms with van der Waals surface area (Å²) in [6, 6.07) is 14.0. The van der Waals surface area contributed by atoms with E-state index in [4.69, 9.17) is 4.42 Å². The Morgan fingerprint density at radius 2 is 1.93 bits per heavy atom. The second-order valence-corrected chi connectivity index (χ2v) is 7.92. The predicted molar refractivity (Wildman–Crippen MR) is 114 cm³/mol. The molecule has 1 amide bonds. The minimum Gasteiger partial charge on any atom is -0.508 e. The lowest BCUT2D eigenvalue weighted by molar-refractivity contribution is -0.140. The topological polar surface area (TPSA) is 91.0 Å². The maximum absolute atomic E-state index is 13.0. The third-order valence-electron chi connectivity index (χ3n) is 5.06. The van der Waals surface area contributed by atoms with E-state index in [0.717, 1.165) is 10.0 Å². The van der Waals surface area contributed by atoms with E-state index in [1.165, 1.54) is 23.3 Å². The number of aliphatic hydroxyl groups excluding tert-OH is 1. The first-order chi connectivity index (χ1) is 14.4. The summed E-state index contributed by atoms with van der Waals surface area (Å²) >= 11 is 3.42. The van der Waals surface area contributed by atoms with E-state index in [0.29, 0.717) is 16.9 Å². The van der Waals surface area contributed by atoms with Crippen molar-refractivity contribution >= 4 is 33.4 Å². The first-order valence-electron chi connectivity index (χ1n) is 9.23. The number of Topliss-reactive ketones (excluding diaryl/α,β-unsaturated/α-hetero) is 1. The molecule has 0 radical (unpaired) electrons. The number of likely N-dealkylation sites (tertiary alicyclic amines) is 1. The second kappa shape index (κ2) is 7.84. The van der Waals surface area contributed by atoms with Gasteiger partial charge in [0.1, 0.15) is 17.3 Å². The SMILES string of the molecule is Cc1cc(/C(O)=C2/C(=O)C(=O)N(Cc3ccco3)C2c2cccc(O)c2)ccc1Br. The summed E-state index contributed by atoms with van der Waals surface area (Å²) in [6.07, 6.45) is 1.49. The number of furan rings is 1. The maximum Gasteiger partial charge on any atom is 0.296 e. The number of benzene rings is 2. The highest BCUT2D eigenvalue weighted by Gasteiger charge is 2.46. The fourth-order valence-electron chi connectivity index (χ4n) is 3.60. The lowest BCUT2D eigenvalue weighted by atomic mass is 9.94. The van der Waals surface area contributed by atoms with Crippen LogP contribution in [0.3, 0.4) is 0 Å². The van der Waals surface area contributed by atoms with Crippen molar-refractivity contribution in [3.05, 3.63) is 93.4 Å². The molecule has 0 bridgehead atoms. The Morgan fingerprint density at radius 1 is 1.13 bits per heavy atom. The molecule has 6 nitrogen and oxygen atoms in total. The molecule has 4 rings (SSSR count). The van der Waals surface area contributed by atoms with Gasteiger partial charge in [-0.3, -0.25) is 9.59 Å². The number of aryl methyl sites for hydroxylation is 1. The van der Waals surface area contributed by atoms with E-state index < -0.39 is 17.7 Å². The van der Waals surface area contributed by atoms with Crippen LogP contribution in [0.4, 0.5) is 0 Å². The van der Waals surface area contributed by atoms with Crippen LogP contribution in [0.15, 0.2) is 75.3 Å². The Labute approximate surface area is 181 Å². The number of phenols is 1. The van der Waals surface area contributed by atoms with Crippen LogP contribution in [0.2, 0.25) is 0 Å². The highest BCUT2D eigenvalue weighted by atomic mass is 79.9. The molecule has 1 fully saturated rings. The molecular formula is C23H18BrNO5. The van der Waals surface area contributed by atoms with E-state index >= 15 is 0 Å². The van der Waals surface area contributed by atoms with Crippen LogP contribution in [0, 0.1) is 6.92 Å². The zero-order valence-electron chi connectivity index (χ0n) is 16.0. The zero-order valence-corrected chi connectivity index (χ0v) is 17.6. The Bertz CT molecular complexity index is 1170. The van der Waals surface area contributed by atoms with Gasteiger partial charge in [0, 0.05) is 10.0 Å². The van der Waals surface area contributed by atoms with Gasteiger partial charge in [0.15, 0.2) is 0 Å². The van der Waals surface area contributed by atoms with E-state index in [9.17, 15) is 19.8 Å². The van der Waals surface area contributed by atoms with Gasteiger partial charge in [-0.2, -0.15) is 0 Å². The number of hydrogen-bond acceptors (Lipinski definition) is 5. The monoisotopic (exact) mass is 467 g/mol. The van der Waals surface area contributed by atoms with Gasteiger partial charge in [0.2, 0.25) is 0 Å². The number of carbonyl (C=O) groups excluding carboxylic acids is 2. The number of nitrogens with zero attached hydrogens (tertiary/aromatic N) is 1. The minimum atomic E-state index is -0.869. The Morgan fingerprint density at radius 3 is 2.60 bits per heavy atom. The standard InChI is InChI=1S/C23H18BrNO5/c1-13-10-15(7-8-18(13)24)21(27)19-20(14-4-2-5-16(26)11-14)25(23(29)22(19)28)12-17-6-3-9-30-17/h2-11,20,26-27H,12H2,1H3/b21-19-. The lowest BCUT2D eigenvalue weighted by Gasteiger charge is -2.24. The van der Waals surface area contributed by atoms with Gasteiger partial charge < -0.3 is 19.5 Å². The number of amides is 1. The first-order valence-corrected chi connectivity index (χ1v) is 10.0. The first kappa shape index (κ1) is 20.0. The fourth-order valence-corrected chi connectivity index (χ4v) is 3.85. The van der Waals surface area contributed by atoms with Crippen molar-refractivity contribution in [1.82, 2.24) is 4.90 Å². The molecule has 1 aromatic heterocycles. The van der Waals surface area contributed by atoms with E-state index in [1.807, 2.05) is 6.92 Å². The van der Waals surface area contributed by atoms with Crippen LogP contribution >= 0.6 is 15.9 Å². The summed E-state index contributed by atoms with van der Waals surface area (Å²) in [4.78, 5) is 27.2. The third-order valence-corrected chi connectivity index (χ3v) is 5.95. The van der Waals surface area contributed by atoms with Crippen LogP contribution in [0.1, 0.15) is 28.5 Å². The number of aromatic hydroxyl groups is 1. The summed E-state index contributed by atoms with van der Waals surface area (Å²) in [5.74, 6) is -1.29. The molecule has 1 aliphatic rings. The zero-order chi connectivity index (χ0) is 21.4. The average molecular weight is 468 g/mol. The van der Waals surface area contributed by atoms with Crippen LogP contribution in [-0.2, 0) is 16.1 Å². The van der Waals surface area contributed by atoms with E-state index in [1.54, 1.807) is 42.5 Å². The molecule has 1 atom stereocenters. The molecular weight excluding hydrogens is 450 g/mol. The molecule has 7 heteroatoms. The van der Waals surface area contributed by atoms with E-state index in [-0.39, 0.29) is 23.6 Å². The number of hydrogen-bond donors (Lipinski definition) is 2. The Balaban J connectivity index is 1.89.